The zero-order valence-corrected chi connectivity index (χ0v) is 22.0. The number of hydrogen-bond acceptors (Lipinski definition) is 9. The van der Waals surface area contributed by atoms with Gasteiger partial charge >= 0.3 is 5.91 Å². The Morgan fingerprint density at radius 2 is 1.89 bits per heavy atom. The number of aromatic nitrogens is 3. The molecule has 10 nitrogen and oxygen atoms in total. The van der Waals surface area contributed by atoms with Crippen LogP contribution in [-0.4, -0.2) is 36.2 Å². The number of hydrogen-bond donors (Lipinski definition) is 2. The standard InChI is InChI=1S/C27H29N5O5S/c1-16(2)24-23(28)20(9-11-29-24)17(3)10-12-36-26-22(38(34)35)13-19(14-30-26)32-25(33)27-31-15-21(37-27)18-7-5-4-6-8-18/h4-9,11,13-17H,10,12,28H2,1-3H3,(H,32,33)(H,34,35)/p-1. The van der Waals surface area contributed by atoms with Crippen LogP contribution in [0.5, 0.6) is 5.88 Å². The average Bonchev–Trinajstić information content (AvgIpc) is 3.40. The van der Waals surface area contributed by atoms with Gasteiger partial charge in [-0.1, -0.05) is 51.1 Å². The summed E-state index contributed by atoms with van der Waals surface area (Å²) in [7, 11) is 0. The number of amides is 1. The van der Waals surface area contributed by atoms with Gasteiger partial charge in [-0.2, -0.15) is 0 Å². The highest BCUT2D eigenvalue weighted by Crippen LogP contribution is 2.30. The Balaban J connectivity index is 1.41. The van der Waals surface area contributed by atoms with Gasteiger partial charge in [-0.25, -0.2) is 9.97 Å². The fraction of sp³-hybridized carbons (Fsp3) is 0.259. The van der Waals surface area contributed by atoms with Crippen LogP contribution in [0.2, 0.25) is 0 Å². The Labute approximate surface area is 223 Å². The highest BCUT2D eigenvalue weighted by molar-refractivity contribution is 7.79. The average molecular weight is 535 g/mol. The number of pyridine rings is 2. The molecule has 3 N–H and O–H groups in total. The first-order valence-electron chi connectivity index (χ1n) is 12.0. The van der Waals surface area contributed by atoms with Gasteiger partial charge in [-0.05, 0) is 47.0 Å². The van der Waals surface area contributed by atoms with Gasteiger partial charge in [0, 0.05) is 11.8 Å². The predicted molar refractivity (Wildman–Crippen MR) is 143 cm³/mol. The molecule has 3 aromatic heterocycles. The first kappa shape index (κ1) is 27.0. The molecule has 0 saturated carbocycles. The first-order valence-corrected chi connectivity index (χ1v) is 13.1. The Hall–Kier alpha value is -4.09. The summed E-state index contributed by atoms with van der Waals surface area (Å²) in [5, 5.41) is 2.56. The SMILES string of the molecule is CC(C)c1nccc(C(C)CCOc2ncc(NC(=O)c3ncc(-c4ccccc4)o3)cc2S(=O)[O-])c1N. The van der Waals surface area contributed by atoms with Crippen LogP contribution in [0.15, 0.2) is 70.4 Å². The van der Waals surface area contributed by atoms with Crippen molar-refractivity contribution in [1.29, 1.82) is 0 Å². The minimum atomic E-state index is -2.65. The highest BCUT2D eigenvalue weighted by atomic mass is 32.2. The molecule has 0 radical (unpaired) electrons. The molecular formula is C27H28N5O5S-. The summed E-state index contributed by atoms with van der Waals surface area (Å²) < 4.78 is 35.0. The lowest BCUT2D eigenvalue weighted by Gasteiger charge is -2.19. The third-order valence-corrected chi connectivity index (χ3v) is 6.59. The van der Waals surface area contributed by atoms with E-state index >= 15 is 0 Å². The summed E-state index contributed by atoms with van der Waals surface area (Å²) in [6.45, 7) is 6.29. The number of ether oxygens (including phenoxy) is 1. The molecule has 38 heavy (non-hydrogen) atoms. The molecule has 0 aliphatic rings. The number of rotatable bonds is 10. The van der Waals surface area contributed by atoms with Crippen LogP contribution in [0.1, 0.15) is 61.0 Å². The maximum atomic E-state index is 12.6. The van der Waals surface area contributed by atoms with Crippen molar-refractivity contribution in [2.45, 2.75) is 43.9 Å². The fourth-order valence-electron chi connectivity index (χ4n) is 3.91. The molecule has 2 atom stereocenters. The second-order valence-corrected chi connectivity index (χ2v) is 9.91. The Morgan fingerprint density at radius 3 is 2.61 bits per heavy atom. The molecule has 0 spiro atoms. The van der Waals surface area contributed by atoms with E-state index in [0.29, 0.717) is 17.9 Å². The van der Waals surface area contributed by atoms with Crippen LogP contribution in [0.4, 0.5) is 11.4 Å². The van der Waals surface area contributed by atoms with Crippen LogP contribution in [0.3, 0.4) is 0 Å². The summed E-state index contributed by atoms with van der Waals surface area (Å²) in [6, 6.07) is 12.4. The third-order valence-electron chi connectivity index (χ3n) is 5.94. The van der Waals surface area contributed by atoms with E-state index in [1.807, 2.05) is 57.2 Å². The van der Waals surface area contributed by atoms with Gasteiger partial charge in [0.25, 0.3) is 5.89 Å². The normalized spacial score (nSPS) is 12.8. The zero-order chi connectivity index (χ0) is 27.2. The van der Waals surface area contributed by atoms with Crippen molar-refractivity contribution < 1.29 is 22.7 Å². The monoisotopic (exact) mass is 534 g/mol. The molecule has 11 heteroatoms. The number of nitrogen functional groups attached to an aromatic ring is 1. The van der Waals surface area contributed by atoms with E-state index in [1.165, 1.54) is 18.5 Å². The van der Waals surface area contributed by atoms with Crippen molar-refractivity contribution in [3.05, 3.63) is 78.2 Å². The third kappa shape index (κ3) is 6.24. The molecule has 0 fully saturated rings. The van der Waals surface area contributed by atoms with Crippen LogP contribution in [0, 0.1) is 0 Å². The zero-order valence-electron chi connectivity index (χ0n) is 21.2. The minimum Gasteiger partial charge on any atom is -0.768 e. The molecular weight excluding hydrogens is 506 g/mol. The summed E-state index contributed by atoms with van der Waals surface area (Å²) in [6.07, 6.45) is 5.07. The number of benzene rings is 1. The number of carbonyl (C=O) groups is 1. The summed E-state index contributed by atoms with van der Waals surface area (Å²) in [5.41, 5.74) is 9.72. The molecule has 4 aromatic rings. The number of carbonyl (C=O) groups excluding carboxylic acids is 1. The lowest BCUT2D eigenvalue weighted by molar-refractivity contribution is 0.0991. The number of nitrogens with two attached hydrogens (primary N) is 1. The molecule has 2 unspecified atom stereocenters. The number of nitrogens with one attached hydrogen (secondary N) is 1. The molecule has 0 saturated heterocycles. The Kier molecular flexibility index (Phi) is 8.49. The van der Waals surface area contributed by atoms with E-state index in [9.17, 15) is 13.6 Å². The number of nitrogens with zero attached hydrogens (tertiary/aromatic N) is 3. The van der Waals surface area contributed by atoms with Crippen molar-refractivity contribution in [3.8, 4) is 17.2 Å². The number of oxazole rings is 1. The first-order chi connectivity index (χ1) is 18.2. The second-order valence-electron chi connectivity index (χ2n) is 9.00. The maximum absolute atomic E-state index is 12.6. The van der Waals surface area contributed by atoms with Crippen molar-refractivity contribution in [3.63, 3.8) is 0 Å². The minimum absolute atomic E-state index is 0.0526. The summed E-state index contributed by atoms with van der Waals surface area (Å²) in [4.78, 5) is 24.9. The smallest absolute Gasteiger partial charge is 0.311 e. The molecule has 0 bridgehead atoms. The molecule has 1 amide bonds. The van der Waals surface area contributed by atoms with E-state index in [4.69, 9.17) is 14.9 Å². The Morgan fingerprint density at radius 1 is 1.13 bits per heavy atom. The van der Waals surface area contributed by atoms with Gasteiger partial charge in [0.15, 0.2) is 5.76 Å². The predicted octanol–water partition coefficient (Wildman–Crippen LogP) is 4.90. The van der Waals surface area contributed by atoms with Crippen LogP contribution < -0.4 is 15.8 Å². The van der Waals surface area contributed by atoms with Crippen LogP contribution >= 0.6 is 0 Å². The van der Waals surface area contributed by atoms with Gasteiger partial charge < -0.3 is 24.8 Å². The topological polar surface area (TPSA) is 156 Å². The van der Waals surface area contributed by atoms with Crippen LogP contribution in [-0.2, 0) is 11.1 Å². The fourth-order valence-corrected chi connectivity index (χ4v) is 4.39. The summed E-state index contributed by atoms with van der Waals surface area (Å²) in [5.74, 6) is -0.185. The molecule has 198 valence electrons. The lowest BCUT2D eigenvalue weighted by Crippen LogP contribution is -2.13. The quantitative estimate of drug-likeness (QED) is 0.270. The van der Waals surface area contributed by atoms with Gasteiger partial charge in [0.2, 0.25) is 5.88 Å². The van der Waals surface area contributed by atoms with Gasteiger partial charge in [0.1, 0.15) is 0 Å². The molecule has 0 aliphatic carbocycles. The van der Waals surface area contributed by atoms with E-state index in [1.54, 1.807) is 6.20 Å². The second kappa shape index (κ2) is 12.0. The summed E-state index contributed by atoms with van der Waals surface area (Å²) >= 11 is -2.65. The number of anilines is 2. The van der Waals surface area contributed by atoms with Gasteiger partial charge in [-0.3, -0.25) is 14.0 Å². The molecule has 0 aliphatic heterocycles. The van der Waals surface area contributed by atoms with Crippen molar-refractivity contribution in [2.24, 2.45) is 0 Å². The highest BCUT2D eigenvalue weighted by Gasteiger charge is 2.18. The van der Waals surface area contributed by atoms with Gasteiger partial charge in [-0.15, -0.1) is 0 Å². The van der Waals surface area contributed by atoms with Crippen LogP contribution in [0.25, 0.3) is 11.3 Å². The van der Waals surface area contributed by atoms with Crippen molar-refractivity contribution in [1.82, 2.24) is 15.0 Å². The van der Waals surface area contributed by atoms with Gasteiger partial charge in [0.05, 0.1) is 41.0 Å². The molecule has 1 aromatic carbocycles. The maximum Gasteiger partial charge on any atom is 0.311 e. The van der Waals surface area contributed by atoms with E-state index in [2.05, 4.69) is 20.3 Å². The van der Waals surface area contributed by atoms with Crippen molar-refractivity contribution >= 4 is 28.4 Å². The lowest BCUT2D eigenvalue weighted by atomic mass is 9.94. The van der Waals surface area contributed by atoms with E-state index < -0.39 is 17.0 Å². The van der Waals surface area contributed by atoms with E-state index in [-0.39, 0.29) is 40.8 Å². The Bertz CT molecular complexity index is 1440. The molecule has 4 rings (SSSR count). The van der Waals surface area contributed by atoms with E-state index in [0.717, 1.165) is 16.8 Å². The molecule has 3 heterocycles. The van der Waals surface area contributed by atoms with Crippen molar-refractivity contribution in [2.75, 3.05) is 17.7 Å². The largest absolute Gasteiger partial charge is 0.768 e.